The number of allylic oxidation sites excluding steroid dienone is 1. The van der Waals surface area contributed by atoms with E-state index in [0.29, 0.717) is 12.1 Å². The zero-order valence-electron chi connectivity index (χ0n) is 15.3. The Morgan fingerprint density at radius 2 is 1.24 bits per heavy atom. The molecule has 1 atom stereocenters. The van der Waals surface area contributed by atoms with Crippen LogP contribution < -0.4 is 0 Å². The lowest BCUT2D eigenvalue weighted by Crippen LogP contribution is -2.27. The molecule has 1 aliphatic carbocycles. The smallest absolute Gasteiger partial charge is 0.224 e. The van der Waals surface area contributed by atoms with E-state index in [2.05, 4.69) is 0 Å². The molecule has 0 saturated heterocycles. The van der Waals surface area contributed by atoms with E-state index in [9.17, 15) is 43.9 Å². The highest BCUT2D eigenvalue weighted by Crippen LogP contribution is 2.56. The van der Waals surface area contributed by atoms with Crippen LogP contribution in [-0.2, 0) is 5.67 Å². The first-order chi connectivity index (χ1) is 15.3. The first-order valence-corrected chi connectivity index (χ1v) is 8.51. The van der Waals surface area contributed by atoms with Crippen molar-refractivity contribution in [3.63, 3.8) is 0 Å². The van der Waals surface area contributed by atoms with E-state index in [1.165, 1.54) is 6.07 Å². The number of hydrogen-bond acceptors (Lipinski definition) is 0. The molecule has 1 unspecified atom stereocenters. The summed E-state index contributed by atoms with van der Waals surface area (Å²) < 4.78 is 172. The van der Waals surface area contributed by atoms with Crippen molar-refractivity contribution in [1.29, 1.82) is 0 Å². The topological polar surface area (TPSA) is 0 Å². The van der Waals surface area contributed by atoms with E-state index in [1.807, 2.05) is 0 Å². The van der Waals surface area contributed by atoms with Crippen molar-refractivity contribution in [2.24, 2.45) is 0 Å². The van der Waals surface area contributed by atoms with Crippen LogP contribution in [0.15, 0.2) is 24.0 Å². The van der Waals surface area contributed by atoms with E-state index in [0.717, 1.165) is 0 Å². The molecule has 0 nitrogen and oxygen atoms in total. The van der Waals surface area contributed by atoms with E-state index in [-0.39, 0.29) is 6.07 Å². The van der Waals surface area contributed by atoms with Gasteiger partial charge in [0.15, 0.2) is 46.6 Å². The molecule has 171 valence electrons. The summed E-state index contributed by atoms with van der Waals surface area (Å²) in [5, 5.41) is 0. The highest BCUT2D eigenvalue weighted by Gasteiger charge is 2.57. The lowest BCUT2D eigenvalue weighted by Gasteiger charge is -2.24. The van der Waals surface area contributed by atoms with Gasteiger partial charge in [-0.25, -0.2) is 52.7 Å². The van der Waals surface area contributed by atoms with Crippen LogP contribution in [0.4, 0.5) is 52.7 Å². The Kier molecular flexibility index (Phi) is 5.02. The van der Waals surface area contributed by atoms with E-state index >= 15 is 8.78 Å². The Labute approximate surface area is 175 Å². The molecular weight excluding hydrogens is 480 g/mol. The molecule has 0 amide bonds. The molecule has 0 fully saturated rings. The van der Waals surface area contributed by atoms with Gasteiger partial charge in [0.05, 0.1) is 16.7 Å². The summed E-state index contributed by atoms with van der Waals surface area (Å²) in [6, 6.07) is 2.42. The van der Waals surface area contributed by atoms with Gasteiger partial charge in [0, 0.05) is 17.2 Å². The Hall–Kier alpha value is -3.44. The van der Waals surface area contributed by atoms with E-state index in [4.69, 9.17) is 0 Å². The van der Waals surface area contributed by atoms with Crippen LogP contribution in [0.2, 0.25) is 0 Å². The van der Waals surface area contributed by atoms with Gasteiger partial charge in [-0.1, -0.05) is 0 Å². The number of halogens is 12. The molecule has 0 aliphatic heterocycles. The maximum atomic E-state index is 15.8. The molecule has 1 radical (unpaired) electrons. The summed E-state index contributed by atoms with van der Waals surface area (Å²) >= 11 is 0. The number of rotatable bonds is 2. The van der Waals surface area contributed by atoms with Crippen molar-refractivity contribution in [2.45, 2.75) is 5.67 Å². The molecule has 0 aromatic heterocycles. The van der Waals surface area contributed by atoms with Gasteiger partial charge < -0.3 is 0 Å². The van der Waals surface area contributed by atoms with Crippen molar-refractivity contribution in [3.8, 4) is 11.1 Å². The zero-order valence-corrected chi connectivity index (χ0v) is 15.3. The molecule has 12 heteroatoms. The molecule has 0 saturated carbocycles. The van der Waals surface area contributed by atoms with Crippen LogP contribution in [0.25, 0.3) is 17.0 Å². The fraction of sp³-hybridized carbons (Fsp3) is 0.0476. The van der Waals surface area contributed by atoms with E-state index in [1.54, 1.807) is 0 Å². The maximum Gasteiger partial charge on any atom is 0.224 e. The number of benzene rings is 3. The van der Waals surface area contributed by atoms with Crippen LogP contribution in [0.5, 0.6) is 0 Å². The molecule has 3 aromatic carbocycles. The number of fused-ring (bicyclic) bond motifs is 1. The Morgan fingerprint density at radius 1 is 0.636 bits per heavy atom. The van der Waals surface area contributed by atoms with Gasteiger partial charge in [-0.3, -0.25) is 0 Å². The monoisotopic (exact) mass is 483 g/mol. The Balaban J connectivity index is 2.16. The first kappa shape index (κ1) is 22.7. The fourth-order valence-electron chi connectivity index (χ4n) is 3.49. The Bertz CT molecular complexity index is 1390. The van der Waals surface area contributed by atoms with Gasteiger partial charge in [0.1, 0.15) is 17.5 Å². The standard InChI is InChI=1S/C21H3F12/c22-5-1-2-8(23)6(3-5)7-4-9(24)14(26)12(13(7)25)21(33)11-10(16(28)20(21)32)15(27)18(30)19(31)17(11)29/h1-3H. The minimum atomic E-state index is -4.92. The van der Waals surface area contributed by atoms with Crippen molar-refractivity contribution in [2.75, 3.05) is 0 Å². The Morgan fingerprint density at radius 3 is 1.88 bits per heavy atom. The van der Waals surface area contributed by atoms with Crippen molar-refractivity contribution in [1.82, 2.24) is 0 Å². The predicted molar refractivity (Wildman–Crippen MR) is 87.8 cm³/mol. The summed E-state index contributed by atoms with van der Waals surface area (Å²) in [6.07, 6.45) is 0. The molecule has 0 N–H and O–H groups in total. The van der Waals surface area contributed by atoms with Crippen LogP contribution >= 0.6 is 0 Å². The van der Waals surface area contributed by atoms with Gasteiger partial charge in [-0.2, -0.15) is 0 Å². The summed E-state index contributed by atoms with van der Waals surface area (Å²) in [5.74, 6) is -26.8. The van der Waals surface area contributed by atoms with E-state index < -0.39 is 97.5 Å². The second kappa shape index (κ2) is 7.29. The molecule has 1 aliphatic rings. The molecule has 3 aromatic rings. The third kappa shape index (κ3) is 2.89. The molecular formula is C21H3F12. The second-order valence-electron chi connectivity index (χ2n) is 6.73. The highest BCUT2D eigenvalue weighted by atomic mass is 19.2. The molecule has 0 spiro atoms. The highest BCUT2D eigenvalue weighted by molar-refractivity contribution is 5.78. The normalized spacial score (nSPS) is 17.7. The molecule has 4 rings (SSSR count). The van der Waals surface area contributed by atoms with Gasteiger partial charge in [-0.15, -0.1) is 0 Å². The molecule has 0 heterocycles. The zero-order chi connectivity index (χ0) is 24.6. The summed E-state index contributed by atoms with van der Waals surface area (Å²) in [5.41, 5.74) is -14.7. The number of alkyl halides is 1. The van der Waals surface area contributed by atoms with Gasteiger partial charge >= 0.3 is 0 Å². The lowest BCUT2D eigenvalue weighted by molar-refractivity contribution is 0.207. The fourth-order valence-corrected chi connectivity index (χ4v) is 3.49. The van der Waals surface area contributed by atoms with Crippen molar-refractivity contribution >= 4 is 5.83 Å². The molecule has 33 heavy (non-hydrogen) atoms. The van der Waals surface area contributed by atoms with Crippen molar-refractivity contribution < 1.29 is 52.7 Å². The third-order valence-corrected chi connectivity index (χ3v) is 4.95. The summed E-state index contributed by atoms with van der Waals surface area (Å²) in [7, 11) is 0. The minimum absolute atomic E-state index is 0.223. The lowest BCUT2D eigenvalue weighted by atomic mass is 9.85. The summed E-state index contributed by atoms with van der Waals surface area (Å²) in [4.78, 5) is 0. The average Bonchev–Trinajstić information content (AvgIpc) is 2.97. The predicted octanol–water partition coefficient (Wildman–Crippen LogP) is 7.24. The van der Waals surface area contributed by atoms with Crippen LogP contribution in [0.1, 0.15) is 16.7 Å². The third-order valence-electron chi connectivity index (χ3n) is 4.95. The van der Waals surface area contributed by atoms with Gasteiger partial charge in [0.2, 0.25) is 5.67 Å². The summed E-state index contributed by atoms with van der Waals surface area (Å²) in [6.45, 7) is 0. The second-order valence-corrected chi connectivity index (χ2v) is 6.73. The van der Waals surface area contributed by atoms with Gasteiger partial charge in [0.25, 0.3) is 0 Å². The van der Waals surface area contributed by atoms with Crippen LogP contribution in [0.3, 0.4) is 0 Å². The molecule has 0 bridgehead atoms. The van der Waals surface area contributed by atoms with Crippen LogP contribution in [-0.4, -0.2) is 0 Å². The number of hydrogen-bond donors (Lipinski definition) is 0. The SMILES string of the molecule is FC1=C(F)C(F)(c2c(F)c(F)[c]c(-c3cc(F)ccc3F)c2F)c2c(F)c(F)c(F)c(F)c21. The van der Waals surface area contributed by atoms with Crippen molar-refractivity contribution in [3.05, 3.63) is 99.1 Å². The quantitative estimate of drug-likeness (QED) is 0.205. The van der Waals surface area contributed by atoms with Gasteiger partial charge in [-0.05, 0) is 18.2 Å². The largest absolute Gasteiger partial charge is 0.225 e. The van der Waals surface area contributed by atoms with Crippen LogP contribution in [0, 0.1) is 58.4 Å². The minimum Gasteiger partial charge on any atom is -0.225 e. The first-order valence-electron chi connectivity index (χ1n) is 8.51. The average molecular weight is 483 g/mol. The maximum absolute atomic E-state index is 15.8.